The normalized spacial score (nSPS) is 15.1. The molecule has 0 atom stereocenters. The number of rotatable bonds is 5. The lowest BCUT2D eigenvalue weighted by molar-refractivity contribution is 0.373. The summed E-state index contributed by atoms with van der Waals surface area (Å²) in [7, 11) is 3.56. The molecule has 0 spiro atoms. The zero-order chi connectivity index (χ0) is 18.2. The van der Waals surface area contributed by atoms with Crippen molar-refractivity contribution >= 4 is 11.6 Å². The first kappa shape index (κ1) is 18.1. The first-order chi connectivity index (χ1) is 12.8. The Kier molecular flexibility index (Phi) is 6.36. The summed E-state index contributed by atoms with van der Waals surface area (Å²) in [6, 6.07) is 18.8. The van der Waals surface area contributed by atoms with Crippen LogP contribution in [-0.2, 0) is 6.42 Å². The second-order valence-corrected chi connectivity index (χ2v) is 6.39. The van der Waals surface area contributed by atoms with Crippen molar-refractivity contribution in [3.8, 4) is 5.75 Å². The maximum atomic E-state index is 5.29. The van der Waals surface area contributed by atoms with E-state index >= 15 is 0 Å². The lowest BCUT2D eigenvalue weighted by Gasteiger charge is -2.37. The van der Waals surface area contributed by atoms with Crippen LogP contribution in [0.4, 0.5) is 5.69 Å². The number of para-hydroxylation sites is 1. The highest BCUT2D eigenvalue weighted by molar-refractivity contribution is 5.80. The van der Waals surface area contributed by atoms with Crippen LogP contribution in [0.25, 0.3) is 0 Å². The van der Waals surface area contributed by atoms with E-state index in [9.17, 15) is 0 Å². The number of ether oxygens (including phenoxy) is 1. The van der Waals surface area contributed by atoms with Gasteiger partial charge in [-0.3, -0.25) is 4.99 Å². The Balaban J connectivity index is 1.47. The van der Waals surface area contributed by atoms with Gasteiger partial charge in [0.1, 0.15) is 5.75 Å². The molecule has 0 unspecified atom stereocenters. The molecule has 5 nitrogen and oxygen atoms in total. The van der Waals surface area contributed by atoms with Crippen molar-refractivity contribution in [1.82, 2.24) is 10.2 Å². The van der Waals surface area contributed by atoms with Gasteiger partial charge in [0.25, 0.3) is 0 Å². The molecule has 0 saturated carbocycles. The van der Waals surface area contributed by atoms with Crippen LogP contribution >= 0.6 is 0 Å². The van der Waals surface area contributed by atoms with Crippen molar-refractivity contribution < 1.29 is 4.74 Å². The van der Waals surface area contributed by atoms with E-state index < -0.39 is 0 Å². The molecular formula is C21H28N4O. The lowest BCUT2D eigenvalue weighted by Crippen LogP contribution is -2.52. The van der Waals surface area contributed by atoms with Crippen LogP contribution in [0.3, 0.4) is 0 Å². The topological polar surface area (TPSA) is 40.1 Å². The zero-order valence-electron chi connectivity index (χ0n) is 15.7. The summed E-state index contributed by atoms with van der Waals surface area (Å²) >= 11 is 0. The number of methoxy groups -OCH3 is 1. The molecule has 0 bridgehead atoms. The number of nitrogens with one attached hydrogen (secondary N) is 1. The number of benzene rings is 2. The Morgan fingerprint density at radius 1 is 1.04 bits per heavy atom. The third kappa shape index (κ3) is 4.69. The van der Waals surface area contributed by atoms with Gasteiger partial charge in [0.15, 0.2) is 5.96 Å². The number of piperazine rings is 1. The van der Waals surface area contributed by atoms with Gasteiger partial charge in [-0.15, -0.1) is 0 Å². The maximum Gasteiger partial charge on any atom is 0.193 e. The van der Waals surface area contributed by atoms with E-state index in [2.05, 4.69) is 62.6 Å². The lowest BCUT2D eigenvalue weighted by atomic mass is 10.1. The highest BCUT2D eigenvalue weighted by Gasteiger charge is 2.19. The molecule has 0 aliphatic carbocycles. The number of hydrogen-bond donors (Lipinski definition) is 1. The number of anilines is 1. The standard InChI is InChI=1S/C21H28N4O/c1-22-21(23-12-11-18-7-6-10-20(17-18)26-2)25-15-13-24(14-16-25)19-8-4-3-5-9-19/h3-10,17H,11-16H2,1-2H3,(H,22,23). The molecular weight excluding hydrogens is 324 g/mol. The van der Waals surface area contributed by atoms with Gasteiger partial charge in [0.2, 0.25) is 0 Å². The van der Waals surface area contributed by atoms with Crippen LogP contribution in [0, 0.1) is 0 Å². The van der Waals surface area contributed by atoms with Gasteiger partial charge in [-0.1, -0.05) is 30.3 Å². The Hall–Kier alpha value is -2.69. The number of aliphatic imine (C=N–C) groups is 1. The van der Waals surface area contributed by atoms with Crippen molar-refractivity contribution in [2.24, 2.45) is 4.99 Å². The zero-order valence-corrected chi connectivity index (χ0v) is 15.7. The minimum absolute atomic E-state index is 0.860. The second kappa shape index (κ2) is 9.13. The molecule has 5 heteroatoms. The SMILES string of the molecule is CN=C(NCCc1cccc(OC)c1)N1CCN(c2ccccc2)CC1. The monoisotopic (exact) mass is 352 g/mol. The predicted octanol–water partition coefficient (Wildman–Crippen LogP) is 2.64. The minimum Gasteiger partial charge on any atom is -0.497 e. The van der Waals surface area contributed by atoms with Gasteiger partial charge in [-0.2, -0.15) is 0 Å². The molecule has 0 radical (unpaired) electrons. The highest BCUT2D eigenvalue weighted by Crippen LogP contribution is 2.16. The summed E-state index contributed by atoms with van der Waals surface area (Å²) in [5, 5.41) is 3.50. The molecule has 1 aliphatic heterocycles. The van der Waals surface area contributed by atoms with Crippen molar-refractivity contribution in [3.05, 3.63) is 60.2 Å². The summed E-state index contributed by atoms with van der Waals surface area (Å²) in [6.45, 7) is 4.85. The van der Waals surface area contributed by atoms with Crippen molar-refractivity contribution in [3.63, 3.8) is 0 Å². The number of nitrogens with zero attached hydrogens (tertiary/aromatic N) is 3. The van der Waals surface area contributed by atoms with Gasteiger partial charge in [-0.05, 0) is 36.2 Å². The predicted molar refractivity (Wildman–Crippen MR) is 108 cm³/mol. The molecule has 2 aromatic carbocycles. The Morgan fingerprint density at radius 2 is 1.81 bits per heavy atom. The molecule has 1 heterocycles. The highest BCUT2D eigenvalue weighted by atomic mass is 16.5. The van der Waals surface area contributed by atoms with Crippen molar-refractivity contribution in [2.75, 3.05) is 51.8 Å². The average Bonchev–Trinajstić information content (AvgIpc) is 2.72. The number of guanidine groups is 1. The van der Waals surface area contributed by atoms with Crippen LogP contribution in [-0.4, -0.2) is 57.7 Å². The van der Waals surface area contributed by atoms with E-state index in [-0.39, 0.29) is 0 Å². The van der Waals surface area contributed by atoms with E-state index in [1.807, 2.05) is 19.2 Å². The van der Waals surface area contributed by atoms with Crippen LogP contribution < -0.4 is 15.0 Å². The molecule has 1 aliphatic rings. The van der Waals surface area contributed by atoms with Crippen LogP contribution in [0.1, 0.15) is 5.56 Å². The van der Waals surface area contributed by atoms with Gasteiger partial charge >= 0.3 is 0 Å². The third-order valence-corrected chi connectivity index (χ3v) is 4.74. The average molecular weight is 352 g/mol. The van der Waals surface area contributed by atoms with Crippen molar-refractivity contribution in [1.29, 1.82) is 0 Å². The molecule has 2 aromatic rings. The molecule has 138 valence electrons. The van der Waals surface area contributed by atoms with Crippen LogP contribution in [0.2, 0.25) is 0 Å². The summed E-state index contributed by atoms with van der Waals surface area (Å²) in [5.74, 6) is 1.89. The van der Waals surface area contributed by atoms with Gasteiger partial charge < -0.3 is 19.9 Å². The Bertz CT molecular complexity index is 709. The first-order valence-corrected chi connectivity index (χ1v) is 9.18. The van der Waals surface area contributed by atoms with Crippen LogP contribution in [0.15, 0.2) is 59.6 Å². The fraction of sp³-hybridized carbons (Fsp3) is 0.381. The largest absolute Gasteiger partial charge is 0.497 e. The smallest absolute Gasteiger partial charge is 0.193 e. The second-order valence-electron chi connectivity index (χ2n) is 6.39. The van der Waals surface area contributed by atoms with E-state index in [1.165, 1.54) is 11.3 Å². The van der Waals surface area contributed by atoms with Gasteiger partial charge in [-0.25, -0.2) is 0 Å². The number of hydrogen-bond acceptors (Lipinski definition) is 3. The molecule has 3 rings (SSSR count). The molecule has 1 fully saturated rings. The summed E-state index contributed by atoms with van der Waals surface area (Å²) in [6.07, 6.45) is 0.945. The van der Waals surface area contributed by atoms with E-state index in [0.29, 0.717) is 0 Å². The van der Waals surface area contributed by atoms with Crippen LogP contribution in [0.5, 0.6) is 5.75 Å². The molecule has 1 N–H and O–H groups in total. The quantitative estimate of drug-likeness (QED) is 0.663. The van der Waals surface area contributed by atoms with Gasteiger partial charge in [0.05, 0.1) is 7.11 Å². The fourth-order valence-corrected chi connectivity index (χ4v) is 3.29. The van der Waals surface area contributed by atoms with Crippen molar-refractivity contribution in [2.45, 2.75) is 6.42 Å². The molecule has 1 saturated heterocycles. The van der Waals surface area contributed by atoms with Gasteiger partial charge in [0, 0.05) is 45.5 Å². The molecule has 26 heavy (non-hydrogen) atoms. The third-order valence-electron chi connectivity index (χ3n) is 4.74. The van der Waals surface area contributed by atoms with E-state index in [0.717, 1.165) is 50.9 Å². The molecule has 0 aromatic heterocycles. The summed E-state index contributed by atoms with van der Waals surface area (Å²) in [4.78, 5) is 9.23. The maximum absolute atomic E-state index is 5.29. The molecule has 0 amide bonds. The Labute approximate surface area is 156 Å². The minimum atomic E-state index is 0.860. The summed E-state index contributed by atoms with van der Waals surface area (Å²) in [5.41, 5.74) is 2.56. The van der Waals surface area contributed by atoms with E-state index in [4.69, 9.17) is 4.74 Å². The summed E-state index contributed by atoms with van der Waals surface area (Å²) < 4.78 is 5.29. The Morgan fingerprint density at radius 3 is 2.50 bits per heavy atom. The van der Waals surface area contributed by atoms with E-state index in [1.54, 1.807) is 7.11 Å². The first-order valence-electron chi connectivity index (χ1n) is 9.18. The fourth-order valence-electron chi connectivity index (χ4n) is 3.29.